The Morgan fingerprint density at radius 3 is 2.55 bits per heavy atom. The van der Waals surface area contributed by atoms with Gasteiger partial charge in [0.1, 0.15) is 24.4 Å². The van der Waals surface area contributed by atoms with E-state index in [-0.39, 0.29) is 6.61 Å². The van der Waals surface area contributed by atoms with E-state index < -0.39 is 11.7 Å². The van der Waals surface area contributed by atoms with Crippen LogP contribution in [0, 0.1) is 0 Å². The summed E-state index contributed by atoms with van der Waals surface area (Å²) in [5.41, 5.74) is 5.57. The maximum absolute atomic E-state index is 11.2. The van der Waals surface area contributed by atoms with Crippen LogP contribution < -0.4 is 15.2 Å². The molecule has 0 bridgehead atoms. The number of carbonyl (C=O) groups excluding carboxylic acids is 1. The van der Waals surface area contributed by atoms with Gasteiger partial charge in [-0.05, 0) is 12.1 Å². The van der Waals surface area contributed by atoms with Gasteiger partial charge in [-0.15, -0.1) is 0 Å². The van der Waals surface area contributed by atoms with Crippen LogP contribution in [-0.4, -0.2) is 25.4 Å². The first-order valence-corrected chi connectivity index (χ1v) is 6.07. The normalized spacial score (nSPS) is 15.8. The van der Waals surface area contributed by atoms with Crippen molar-refractivity contribution >= 4 is 5.91 Å². The lowest BCUT2D eigenvalue weighted by Crippen LogP contribution is -2.21. The van der Waals surface area contributed by atoms with Gasteiger partial charge in [0.2, 0.25) is 11.7 Å². The lowest BCUT2D eigenvalue weighted by atomic mass is 10.2. The Morgan fingerprint density at radius 1 is 1.30 bits per heavy atom. The summed E-state index contributed by atoms with van der Waals surface area (Å²) in [5.74, 6) is 0.306. The van der Waals surface area contributed by atoms with E-state index in [1.807, 2.05) is 0 Å². The smallest absolute Gasteiger partial charge is 0.248 e. The van der Waals surface area contributed by atoms with Gasteiger partial charge in [0, 0.05) is 25.5 Å². The van der Waals surface area contributed by atoms with Crippen molar-refractivity contribution in [1.29, 1.82) is 0 Å². The van der Waals surface area contributed by atoms with Crippen molar-refractivity contribution in [3.05, 3.63) is 35.8 Å². The van der Waals surface area contributed by atoms with E-state index in [1.54, 1.807) is 32.0 Å². The summed E-state index contributed by atoms with van der Waals surface area (Å²) in [7, 11) is 1.50. The molecule has 1 aliphatic rings. The highest BCUT2D eigenvalue weighted by Gasteiger charge is 2.27. The minimum atomic E-state index is -0.675. The summed E-state index contributed by atoms with van der Waals surface area (Å²) in [6, 6.07) is 4.76. The molecular formula is C14H17NO5. The zero-order valence-electron chi connectivity index (χ0n) is 11.6. The zero-order valence-corrected chi connectivity index (χ0v) is 11.6. The molecule has 0 aromatic heterocycles. The number of amides is 1. The third-order valence-electron chi connectivity index (χ3n) is 2.63. The number of rotatable bonds is 5. The van der Waals surface area contributed by atoms with Gasteiger partial charge >= 0.3 is 0 Å². The van der Waals surface area contributed by atoms with E-state index in [0.717, 1.165) is 0 Å². The van der Waals surface area contributed by atoms with Crippen molar-refractivity contribution < 1.29 is 23.7 Å². The van der Waals surface area contributed by atoms with E-state index in [2.05, 4.69) is 0 Å². The molecule has 6 nitrogen and oxygen atoms in total. The number of benzene rings is 1. The zero-order chi connectivity index (χ0) is 14.8. The maximum Gasteiger partial charge on any atom is 0.248 e. The molecule has 0 aliphatic carbocycles. The SMILES string of the molecule is COc1cc(OCC2=COC(C)(C)O2)cc(C(N)=O)c1. The van der Waals surface area contributed by atoms with Crippen LogP contribution in [0.3, 0.4) is 0 Å². The second-order valence-electron chi connectivity index (χ2n) is 4.75. The molecule has 2 rings (SSSR count). The van der Waals surface area contributed by atoms with Gasteiger partial charge in [0.15, 0.2) is 5.76 Å². The number of hydrogen-bond acceptors (Lipinski definition) is 5. The van der Waals surface area contributed by atoms with E-state index in [1.165, 1.54) is 13.4 Å². The molecule has 1 aliphatic heterocycles. The Kier molecular flexibility index (Phi) is 3.74. The molecular weight excluding hydrogens is 262 g/mol. The first-order valence-electron chi connectivity index (χ1n) is 6.07. The molecule has 0 radical (unpaired) electrons. The number of carbonyl (C=O) groups is 1. The monoisotopic (exact) mass is 279 g/mol. The van der Waals surface area contributed by atoms with Crippen LogP contribution >= 0.6 is 0 Å². The minimum absolute atomic E-state index is 0.189. The van der Waals surface area contributed by atoms with Gasteiger partial charge in [0.05, 0.1) is 7.11 Å². The summed E-state index contributed by atoms with van der Waals surface area (Å²) in [4.78, 5) is 11.2. The molecule has 0 saturated carbocycles. The van der Waals surface area contributed by atoms with Crippen LogP contribution in [0.2, 0.25) is 0 Å². The number of hydrogen-bond donors (Lipinski definition) is 1. The van der Waals surface area contributed by atoms with Crippen LogP contribution in [0.4, 0.5) is 0 Å². The average Bonchev–Trinajstić information content (AvgIpc) is 2.75. The Morgan fingerprint density at radius 2 is 2.00 bits per heavy atom. The number of ether oxygens (including phenoxy) is 4. The summed E-state index contributed by atoms with van der Waals surface area (Å²) in [5, 5.41) is 0. The van der Waals surface area contributed by atoms with Crippen LogP contribution in [0.15, 0.2) is 30.2 Å². The van der Waals surface area contributed by atoms with E-state index in [9.17, 15) is 4.79 Å². The maximum atomic E-state index is 11.2. The molecule has 1 aromatic carbocycles. The number of nitrogens with two attached hydrogens (primary N) is 1. The highest BCUT2D eigenvalue weighted by atomic mass is 16.7. The molecule has 108 valence electrons. The molecule has 0 fully saturated rings. The lowest BCUT2D eigenvalue weighted by molar-refractivity contribution is -0.119. The van der Waals surface area contributed by atoms with Crippen molar-refractivity contribution in [1.82, 2.24) is 0 Å². The van der Waals surface area contributed by atoms with Crippen molar-refractivity contribution in [2.24, 2.45) is 5.73 Å². The van der Waals surface area contributed by atoms with E-state index in [4.69, 9.17) is 24.7 Å². The molecule has 20 heavy (non-hydrogen) atoms. The van der Waals surface area contributed by atoms with Gasteiger partial charge in [0.25, 0.3) is 0 Å². The van der Waals surface area contributed by atoms with Crippen LogP contribution in [0.1, 0.15) is 24.2 Å². The Balaban J connectivity index is 2.06. The predicted octanol–water partition coefficient (Wildman–Crippen LogP) is 1.80. The number of primary amides is 1. The Labute approximate surface area is 117 Å². The van der Waals surface area contributed by atoms with E-state index >= 15 is 0 Å². The summed E-state index contributed by atoms with van der Waals surface area (Å²) in [6.07, 6.45) is 1.51. The van der Waals surface area contributed by atoms with Gasteiger partial charge in [-0.25, -0.2) is 0 Å². The minimum Gasteiger partial charge on any atom is -0.497 e. The molecule has 1 aromatic rings. The van der Waals surface area contributed by atoms with E-state index in [0.29, 0.717) is 22.8 Å². The topological polar surface area (TPSA) is 80.0 Å². The fraction of sp³-hybridized carbons (Fsp3) is 0.357. The quantitative estimate of drug-likeness (QED) is 0.889. The van der Waals surface area contributed by atoms with Gasteiger partial charge in [-0.2, -0.15) is 0 Å². The highest BCUT2D eigenvalue weighted by molar-refractivity contribution is 5.93. The highest BCUT2D eigenvalue weighted by Crippen LogP contribution is 2.26. The van der Waals surface area contributed by atoms with Gasteiger partial charge in [-0.3, -0.25) is 4.79 Å². The third kappa shape index (κ3) is 3.34. The molecule has 2 N–H and O–H groups in total. The molecule has 0 unspecified atom stereocenters. The molecule has 0 spiro atoms. The first-order chi connectivity index (χ1) is 9.39. The molecule has 6 heteroatoms. The summed E-state index contributed by atoms with van der Waals surface area (Å²) >= 11 is 0. The van der Waals surface area contributed by atoms with Crippen molar-refractivity contribution in [3.8, 4) is 11.5 Å². The fourth-order valence-electron chi connectivity index (χ4n) is 1.70. The Bertz CT molecular complexity index is 550. The standard InChI is InChI=1S/C14H17NO5/c1-14(2)19-8-12(20-14)7-18-11-5-9(13(15)16)4-10(6-11)17-3/h4-6,8H,7H2,1-3H3,(H2,15,16). The third-order valence-corrected chi connectivity index (χ3v) is 2.63. The van der Waals surface area contributed by atoms with Crippen molar-refractivity contribution in [2.45, 2.75) is 19.6 Å². The van der Waals surface area contributed by atoms with Gasteiger partial charge in [-0.1, -0.05) is 0 Å². The molecule has 1 heterocycles. The van der Waals surface area contributed by atoms with Crippen LogP contribution in [0.25, 0.3) is 0 Å². The van der Waals surface area contributed by atoms with Gasteiger partial charge < -0.3 is 24.7 Å². The lowest BCUT2D eigenvalue weighted by Gasteiger charge is -2.18. The van der Waals surface area contributed by atoms with Crippen molar-refractivity contribution in [2.75, 3.05) is 13.7 Å². The second-order valence-corrected chi connectivity index (χ2v) is 4.75. The first kappa shape index (κ1) is 14.0. The average molecular weight is 279 g/mol. The predicted molar refractivity (Wildman–Crippen MR) is 71.3 cm³/mol. The van der Waals surface area contributed by atoms with Crippen LogP contribution in [-0.2, 0) is 9.47 Å². The van der Waals surface area contributed by atoms with Crippen LogP contribution in [0.5, 0.6) is 11.5 Å². The fourth-order valence-corrected chi connectivity index (χ4v) is 1.70. The van der Waals surface area contributed by atoms with Crippen molar-refractivity contribution in [3.63, 3.8) is 0 Å². The number of methoxy groups -OCH3 is 1. The molecule has 1 amide bonds. The largest absolute Gasteiger partial charge is 0.497 e. The second kappa shape index (κ2) is 5.32. The summed E-state index contributed by atoms with van der Waals surface area (Å²) in [6.45, 7) is 3.79. The Hall–Kier alpha value is -2.37. The summed E-state index contributed by atoms with van der Waals surface area (Å²) < 4.78 is 21.4. The molecule has 0 saturated heterocycles. The molecule has 0 atom stereocenters.